The highest BCUT2D eigenvalue weighted by Gasteiger charge is 2.08. The van der Waals surface area contributed by atoms with Gasteiger partial charge in [0.1, 0.15) is 5.76 Å². The Morgan fingerprint density at radius 1 is 1.50 bits per heavy atom. The minimum Gasteiger partial charge on any atom is -0.507 e. The monoisotopic (exact) mass is 260 g/mol. The topological polar surface area (TPSA) is 46.5 Å². The van der Waals surface area contributed by atoms with Crippen LogP contribution in [0, 0.1) is 0 Å². The first-order chi connectivity index (χ1) is 7.54. The van der Waals surface area contributed by atoms with E-state index in [1.54, 1.807) is 13.0 Å². The number of carbonyl (C=O) groups is 1. The van der Waals surface area contributed by atoms with Crippen molar-refractivity contribution in [3.8, 4) is 0 Å². The van der Waals surface area contributed by atoms with Crippen LogP contribution in [0.5, 0.6) is 0 Å². The summed E-state index contributed by atoms with van der Waals surface area (Å²) in [6, 6.07) is 4.59. The zero-order valence-corrected chi connectivity index (χ0v) is 10.0. The summed E-state index contributed by atoms with van der Waals surface area (Å²) < 4.78 is 4.65. The first-order valence-electron chi connectivity index (χ1n) is 4.57. The summed E-state index contributed by atoms with van der Waals surface area (Å²) in [5, 5.41) is 10.4. The quantitative estimate of drug-likeness (QED) is 0.515. The summed E-state index contributed by atoms with van der Waals surface area (Å²) in [7, 11) is 0. The highest BCUT2D eigenvalue weighted by molar-refractivity contribution is 6.34. The van der Waals surface area contributed by atoms with E-state index in [9.17, 15) is 9.90 Å². The molecule has 0 fully saturated rings. The van der Waals surface area contributed by atoms with Crippen molar-refractivity contribution in [2.24, 2.45) is 0 Å². The third-order valence-electron chi connectivity index (χ3n) is 1.75. The molecule has 1 aromatic carbocycles. The van der Waals surface area contributed by atoms with Gasteiger partial charge in [0, 0.05) is 10.6 Å². The summed E-state index contributed by atoms with van der Waals surface area (Å²) in [4.78, 5) is 11.1. The van der Waals surface area contributed by atoms with E-state index in [1.807, 2.05) is 0 Å². The Labute approximate surface area is 103 Å². The molecule has 0 aliphatic heterocycles. The van der Waals surface area contributed by atoms with Gasteiger partial charge in [-0.05, 0) is 25.1 Å². The minimum atomic E-state index is -0.629. The Balaban J connectivity index is 2.99. The smallest absolute Gasteiger partial charge is 0.334 e. The van der Waals surface area contributed by atoms with Crippen LogP contribution < -0.4 is 0 Å². The number of hydrogen-bond acceptors (Lipinski definition) is 3. The number of carbonyl (C=O) groups excluding carboxylic acids is 1. The Bertz CT molecular complexity index is 427. The van der Waals surface area contributed by atoms with Crippen molar-refractivity contribution < 1.29 is 14.6 Å². The molecule has 0 aliphatic carbocycles. The fourth-order valence-corrected chi connectivity index (χ4v) is 1.45. The Morgan fingerprint density at radius 2 is 2.19 bits per heavy atom. The normalized spacial score (nSPS) is 11.3. The molecule has 0 aliphatic rings. The van der Waals surface area contributed by atoms with Crippen LogP contribution in [0.25, 0.3) is 5.76 Å². The van der Waals surface area contributed by atoms with E-state index in [2.05, 4.69) is 4.74 Å². The Hall–Kier alpha value is -1.19. The molecule has 0 saturated carbocycles. The molecular formula is C11H10Cl2O3. The predicted molar refractivity (Wildman–Crippen MR) is 63.7 cm³/mol. The molecule has 1 rings (SSSR count). The third-order valence-corrected chi connectivity index (χ3v) is 2.31. The number of hydrogen-bond donors (Lipinski definition) is 1. The highest BCUT2D eigenvalue weighted by Crippen LogP contribution is 2.25. The van der Waals surface area contributed by atoms with Gasteiger partial charge in [-0.15, -0.1) is 0 Å². The van der Waals surface area contributed by atoms with Crippen molar-refractivity contribution in [1.29, 1.82) is 0 Å². The maximum absolute atomic E-state index is 11.1. The van der Waals surface area contributed by atoms with Crippen LogP contribution in [0.3, 0.4) is 0 Å². The molecule has 0 amide bonds. The minimum absolute atomic E-state index is 0.242. The summed E-state index contributed by atoms with van der Waals surface area (Å²) in [6.07, 6.45) is 0.959. The van der Waals surface area contributed by atoms with Crippen molar-refractivity contribution in [2.75, 3.05) is 6.61 Å². The number of halogens is 2. The van der Waals surface area contributed by atoms with Crippen LogP contribution in [0.15, 0.2) is 24.3 Å². The second-order valence-electron chi connectivity index (χ2n) is 2.91. The number of rotatable bonds is 3. The van der Waals surface area contributed by atoms with E-state index in [-0.39, 0.29) is 12.4 Å². The van der Waals surface area contributed by atoms with Crippen LogP contribution >= 0.6 is 23.2 Å². The van der Waals surface area contributed by atoms with Crippen LogP contribution in [-0.2, 0) is 9.53 Å². The van der Waals surface area contributed by atoms with E-state index < -0.39 is 5.97 Å². The van der Waals surface area contributed by atoms with Crippen molar-refractivity contribution in [2.45, 2.75) is 6.92 Å². The van der Waals surface area contributed by atoms with Gasteiger partial charge in [-0.3, -0.25) is 0 Å². The molecule has 16 heavy (non-hydrogen) atoms. The maximum atomic E-state index is 11.1. The molecule has 0 atom stereocenters. The molecule has 0 unspecified atom stereocenters. The summed E-state index contributed by atoms with van der Waals surface area (Å²) in [5.74, 6) is -0.901. The third kappa shape index (κ3) is 3.43. The van der Waals surface area contributed by atoms with Crippen LogP contribution in [0.2, 0.25) is 10.0 Å². The van der Waals surface area contributed by atoms with E-state index >= 15 is 0 Å². The number of aliphatic hydroxyl groups is 1. The number of esters is 1. The average molecular weight is 261 g/mol. The van der Waals surface area contributed by atoms with Gasteiger partial charge in [0.2, 0.25) is 0 Å². The first-order valence-corrected chi connectivity index (χ1v) is 5.33. The summed E-state index contributed by atoms with van der Waals surface area (Å²) in [6.45, 7) is 1.92. The average Bonchev–Trinajstić information content (AvgIpc) is 2.21. The first kappa shape index (κ1) is 12.9. The van der Waals surface area contributed by atoms with Crippen molar-refractivity contribution >= 4 is 34.9 Å². The van der Waals surface area contributed by atoms with E-state index in [0.717, 1.165) is 6.08 Å². The van der Waals surface area contributed by atoms with Crippen molar-refractivity contribution in [3.05, 3.63) is 39.9 Å². The Morgan fingerprint density at radius 3 is 2.81 bits per heavy atom. The zero-order valence-electron chi connectivity index (χ0n) is 8.54. The molecular weight excluding hydrogens is 251 g/mol. The summed E-state index contributed by atoms with van der Waals surface area (Å²) in [5.41, 5.74) is 0.294. The molecule has 1 aromatic rings. The SMILES string of the molecule is CCOC(=O)C=C(O)c1cc(Cl)ccc1Cl. The molecule has 0 aromatic heterocycles. The summed E-state index contributed by atoms with van der Waals surface area (Å²) >= 11 is 11.6. The highest BCUT2D eigenvalue weighted by atomic mass is 35.5. The fraction of sp³-hybridized carbons (Fsp3) is 0.182. The fourth-order valence-electron chi connectivity index (χ4n) is 1.07. The maximum Gasteiger partial charge on any atom is 0.334 e. The largest absolute Gasteiger partial charge is 0.507 e. The lowest BCUT2D eigenvalue weighted by atomic mass is 10.2. The van der Waals surface area contributed by atoms with E-state index in [0.29, 0.717) is 15.6 Å². The van der Waals surface area contributed by atoms with Gasteiger partial charge in [0.15, 0.2) is 0 Å². The Kier molecular flexibility index (Phi) is 4.65. The molecule has 0 spiro atoms. The molecule has 0 saturated heterocycles. The van der Waals surface area contributed by atoms with E-state index in [4.69, 9.17) is 23.2 Å². The molecule has 0 radical (unpaired) electrons. The van der Waals surface area contributed by atoms with Gasteiger partial charge in [0.05, 0.1) is 17.7 Å². The van der Waals surface area contributed by atoms with Crippen LogP contribution in [0.1, 0.15) is 12.5 Å². The van der Waals surface area contributed by atoms with Gasteiger partial charge < -0.3 is 9.84 Å². The number of benzene rings is 1. The van der Waals surface area contributed by atoms with Gasteiger partial charge in [-0.2, -0.15) is 0 Å². The second kappa shape index (κ2) is 5.77. The van der Waals surface area contributed by atoms with Gasteiger partial charge in [-0.25, -0.2) is 4.79 Å². The number of ether oxygens (including phenoxy) is 1. The molecule has 3 nitrogen and oxygen atoms in total. The van der Waals surface area contributed by atoms with E-state index in [1.165, 1.54) is 12.1 Å². The lowest BCUT2D eigenvalue weighted by Crippen LogP contribution is -2.01. The number of aliphatic hydroxyl groups excluding tert-OH is 1. The zero-order chi connectivity index (χ0) is 12.1. The molecule has 1 N–H and O–H groups in total. The standard InChI is InChI=1S/C11H10Cl2O3/c1-2-16-11(15)6-10(14)8-5-7(12)3-4-9(8)13/h3-6,14H,2H2,1H3. The van der Waals surface area contributed by atoms with Crippen LogP contribution in [0.4, 0.5) is 0 Å². The molecule has 86 valence electrons. The molecule has 0 heterocycles. The molecule has 5 heteroatoms. The van der Waals surface area contributed by atoms with Gasteiger partial charge >= 0.3 is 5.97 Å². The van der Waals surface area contributed by atoms with Crippen molar-refractivity contribution in [3.63, 3.8) is 0 Å². The van der Waals surface area contributed by atoms with Crippen molar-refractivity contribution in [1.82, 2.24) is 0 Å². The van der Waals surface area contributed by atoms with Gasteiger partial charge in [0.25, 0.3) is 0 Å². The van der Waals surface area contributed by atoms with Gasteiger partial charge in [-0.1, -0.05) is 23.2 Å². The lowest BCUT2D eigenvalue weighted by Gasteiger charge is -2.04. The predicted octanol–water partition coefficient (Wildman–Crippen LogP) is 3.46. The lowest BCUT2D eigenvalue weighted by molar-refractivity contribution is -0.137. The molecule has 0 bridgehead atoms. The second-order valence-corrected chi connectivity index (χ2v) is 3.75. The van der Waals surface area contributed by atoms with Crippen LogP contribution in [-0.4, -0.2) is 17.7 Å².